The molecule has 0 aromatic heterocycles. The molecule has 4 aromatic rings. The van der Waals surface area contributed by atoms with Gasteiger partial charge < -0.3 is 4.74 Å². The van der Waals surface area contributed by atoms with E-state index in [4.69, 9.17) is 4.74 Å². The van der Waals surface area contributed by atoms with Gasteiger partial charge in [0.25, 0.3) is 0 Å². The van der Waals surface area contributed by atoms with Gasteiger partial charge in [0.2, 0.25) is 0 Å². The summed E-state index contributed by atoms with van der Waals surface area (Å²) in [6, 6.07) is 21.3. The molecule has 0 aliphatic heterocycles. The van der Waals surface area contributed by atoms with Crippen molar-refractivity contribution in [3.63, 3.8) is 0 Å². The first-order valence-corrected chi connectivity index (χ1v) is 11.6. The van der Waals surface area contributed by atoms with Crippen molar-refractivity contribution in [2.45, 2.75) is 33.1 Å². The van der Waals surface area contributed by atoms with Gasteiger partial charge in [-0.15, -0.1) is 0 Å². The topological polar surface area (TPSA) is 26.3 Å². The molecule has 0 bridgehead atoms. The lowest BCUT2D eigenvalue weighted by Crippen LogP contribution is -2.12. The van der Waals surface area contributed by atoms with Crippen LogP contribution in [0.5, 0.6) is 5.75 Å². The average Bonchev–Trinajstić information content (AvgIpc) is 2.87. The number of carbonyl (C=O) groups is 1. The first-order valence-electron chi connectivity index (χ1n) is 11.6. The Bertz CT molecular complexity index is 1340. The maximum atomic E-state index is 14.8. The summed E-state index contributed by atoms with van der Waals surface area (Å²) in [5, 5.41) is 0. The van der Waals surface area contributed by atoms with E-state index in [1.54, 1.807) is 30.3 Å². The molecule has 35 heavy (non-hydrogen) atoms. The molecule has 178 valence electrons. The van der Waals surface area contributed by atoms with Gasteiger partial charge in [0.05, 0.1) is 5.56 Å². The molecular weight excluding hydrogens is 449 g/mol. The Morgan fingerprint density at radius 3 is 2.03 bits per heavy atom. The Morgan fingerprint density at radius 1 is 0.743 bits per heavy atom. The summed E-state index contributed by atoms with van der Waals surface area (Å²) in [4.78, 5) is 12.5. The quantitative estimate of drug-likeness (QED) is 0.199. The van der Waals surface area contributed by atoms with E-state index in [-0.39, 0.29) is 17.1 Å². The van der Waals surface area contributed by atoms with Gasteiger partial charge in [0.1, 0.15) is 11.6 Å². The maximum absolute atomic E-state index is 14.8. The Morgan fingerprint density at radius 2 is 1.40 bits per heavy atom. The summed E-state index contributed by atoms with van der Waals surface area (Å²) in [5.74, 6) is -3.47. The van der Waals surface area contributed by atoms with Gasteiger partial charge >= 0.3 is 5.97 Å². The highest BCUT2D eigenvalue weighted by atomic mass is 19.2. The lowest BCUT2D eigenvalue weighted by atomic mass is 10.00. The lowest BCUT2D eigenvalue weighted by Gasteiger charge is -2.10. The van der Waals surface area contributed by atoms with Crippen LogP contribution >= 0.6 is 0 Å². The van der Waals surface area contributed by atoms with Gasteiger partial charge in [-0.1, -0.05) is 74.9 Å². The number of benzene rings is 4. The number of aryl methyl sites for hydroxylation is 2. The van der Waals surface area contributed by atoms with Crippen LogP contribution in [0.2, 0.25) is 0 Å². The van der Waals surface area contributed by atoms with Crippen molar-refractivity contribution < 1.29 is 22.7 Å². The van der Waals surface area contributed by atoms with Gasteiger partial charge in [-0.3, -0.25) is 0 Å². The highest BCUT2D eigenvalue weighted by Gasteiger charge is 2.21. The van der Waals surface area contributed by atoms with Crippen molar-refractivity contribution in [1.29, 1.82) is 0 Å². The Kier molecular flexibility index (Phi) is 7.35. The second-order valence-corrected chi connectivity index (χ2v) is 8.31. The Hall–Kier alpha value is -3.86. The largest absolute Gasteiger partial charge is 0.423 e. The maximum Gasteiger partial charge on any atom is 0.346 e. The van der Waals surface area contributed by atoms with Crippen molar-refractivity contribution >= 4 is 5.97 Å². The van der Waals surface area contributed by atoms with Crippen LogP contribution in [0, 0.1) is 17.5 Å². The first kappa shape index (κ1) is 24.3. The van der Waals surface area contributed by atoms with Crippen molar-refractivity contribution in [1.82, 2.24) is 0 Å². The molecule has 0 saturated heterocycles. The van der Waals surface area contributed by atoms with Crippen LogP contribution < -0.4 is 4.74 Å². The van der Waals surface area contributed by atoms with E-state index in [2.05, 4.69) is 6.92 Å². The Labute approximate surface area is 203 Å². The van der Waals surface area contributed by atoms with Crippen LogP contribution in [0.25, 0.3) is 22.3 Å². The van der Waals surface area contributed by atoms with Gasteiger partial charge in [-0.05, 0) is 64.9 Å². The molecule has 0 radical (unpaired) electrons. The molecule has 0 atom stereocenters. The summed E-state index contributed by atoms with van der Waals surface area (Å²) < 4.78 is 48.9. The molecule has 0 N–H and O–H groups in total. The summed E-state index contributed by atoms with van der Waals surface area (Å²) in [6.45, 7) is 3.95. The predicted octanol–water partition coefficient (Wildman–Crippen LogP) is 8.17. The molecule has 0 spiro atoms. The second kappa shape index (κ2) is 10.6. The van der Waals surface area contributed by atoms with Gasteiger partial charge in [0, 0.05) is 5.56 Å². The summed E-state index contributed by atoms with van der Waals surface area (Å²) in [6.07, 6.45) is 2.50. The van der Waals surface area contributed by atoms with Crippen molar-refractivity contribution in [2.24, 2.45) is 0 Å². The van der Waals surface area contributed by atoms with E-state index in [0.717, 1.165) is 24.0 Å². The van der Waals surface area contributed by atoms with Crippen LogP contribution in [-0.4, -0.2) is 5.97 Å². The minimum atomic E-state index is -1.26. The van der Waals surface area contributed by atoms with Crippen molar-refractivity contribution in [3.8, 4) is 28.0 Å². The summed E-state index contributed by atoms with van der Waals surface area (Å²) >= 11 is 0. The zero-order valence-corrected chi connectivity index (χ0v) is 19.6. The van der Waals surface area contributed by atoms with Crippen molar-refractivity contribution in [2.75, 3.05) is 0 Å². The fraction of sp³-hybridized carbons (Fsp3) is 0.167. The third-order valence-corrected chi connectivity index (χ3v) is 5.94. The lowest BCUT2D eigenvalue weighted by molar-refractivity contribution is 0.0729. The normalized spacial score (nSPS) is 10.9. The zero-order valence-electron chi connectivity index (χ0n) is 19.6. The number of carbonyl (C=O) groups excluding carboxylic acids is 1. The van der Waals surface area contributed by atoms with E-state index in [9.17, 15) is 18.0 Å². The van der Waals surface area contributed by atoms with Crippen molar-refractivity contribution in [3.05, 3.63) is 113 Å². The molecule has 0 aliphatic rings. The highest BCUT2D eigenvalue weighted by molar-refractivity contribution is 5.92. The van der Waals surface area contributed by atoms with Crippen LogP contribution in [0.1, 0.15) is 41.8 Å². The average molecular weight is 475 g/mol. The molecule has 2 nitrogen and oxygen atoms in total. The number of hydrogen-bond donors (Lipinski definition) is 0. The van der Waals surface area contributed by atoms with Crippen LogP contribution in [-0.2, 0) is 12.8 Å². The minimum absolute atomic E-state index is 0.0766. The van der Waals surface area contributed by atoms with Gasteiger partial charge in [-0.2, -0.15) is 0 Å². The van der Waals surface area contributed by atoms with Gasteiger partial charge in [-0.25, -0.2) is 18.0 Å². The zero-order chi connectivity index (χ0) is 24.9. The number of ether oxygens (including phenoxy) is 1. The molecular formula is C30H25F3O2. The minimum Gasteiger partial charge on any atom is -0.423 e. The third kappa shape index (κ3) is 5.29. The smallest absolute Gasteiger partial charge is 0.346 e. The second-order valence-electron chi connectivity index (χ2n) is 8.31. The molecule has 0 unspecified atom stereocenters. The number of rotatable bonds is 7. The standard InChI is InChI=1S/C30H25F3O2/c1-3-5-19-6-8-22(9-7-19)25-16-17-26(29(33)28(25)32)30(34)35-24-14-12-21(13-15-24)23-11-10-20(4-2)27(31)18-23/h6-18H,3-5H2,1-2H3. The monoisotopic (exact) mass is 474 g/mol. The van der Waals surface area contributed by atoms with Crippen LogP contribution in [0.3, 0.4) is 0 Å². The molecule has 4 aromatic carbocycles. The van der Waals surface area contributed by atoms with E-state index in [1.165, 1.54) is 30.3 Å². The molecule has 0 heterocycles. The van der Waals surface area contributed by atoms with E-state index in [1.807, 2.05) is 25.1 Å². The highest BCUT2D eigenvalue weighted by Crippen LogP contribution is 2.29. The van der Waals surface area contributed by atoms with E-state index in [0.29, 0.717) is 23.1 Å². The number of hydrogen-bond acceptors (Lipinski definition) is 2. The van der Waals surface area contributed by atoms with Crippen LogP contribution in [0.15, 0.2) is 78.9 Å². The van der Waals surface area contributed by atoms with E-state index < -0.39 is 23.2 Å². The molecule has 0 saturated carbocycles. The molecule has 0 aliphatic carbocycles. The van der Waals surface area contributed by atoms with E-state index >= 15 is 0 Å². The van der Waals surface area contributed by atoms with Gasteiger partial charge in [0.15, 0.2) is 11.6 Å². The number of halogens is 3. The summed E-state index contributed by atoms with van der Waals surface area (Å²) in [7, 11) is 0. The fourth-order valence-corrected chi connectivity index (χ4v) is 3.96. The molecule has 0 fully saturated rings. The molecule has 0 amide bonds. The predicted molar refractivity (Wildman–Crippen MR) is 132 cm³/mol. The first-order chi connectivity index (χ1) is 16.9. The summed E-state index contributed by atoms with van der Waals surface area (Å²) in [5.41, 5.74) is 3.28. The van der Waals surface area contributed by atoms with Crippen LogP contribution in [0.4, 0.5) is 13.2 Å². The SMILES string of the molecule is CCCc1ccc(-c2ccc(C(=O)Oc3ccc(-c4ccc(CC)c(F)c4)cc3)c(F)c2F)cc1. The fourth-order valence-electron chi connectivity index (χ4n) is 3.96. The molecule has 4 rings (SSSR count). The third-order valence-electron chi connectivity index (χ3n) is 5.94. The number of esters is 1. The molecule has 5 heteroatoms. The Balaban J connectivity index is 1.50.